The minimum Gasteiger partial charge on any atom is -0.371 e. The Labute approximate surface area is 203 Å². The Hall–Kier alpha value is -2.82. The van der Waals surface area contributed by atoms with Crippen molar-refractivity contribution in [3.8, 4) is 0 Å². The second-order valence-corrected chi connectivity index (χ2v) is 10.6. The van der Waals surface area contributed by atoms with Gasteiger partial charge >= 0.3 is 0 Å². The van der Waals surface area contributed by atoms with Crippen LogP contribution in [0.15, 0.2) is 48.5 Å². The zero-order chi connectivity index (χ0) is 23.5. The standard InChI is InChI=1S/C29H37N3O2/c1-21-11-15-32(16-12-21)29(34)26-20-25(30-28(33)24-7-8-24)9-10-27(26)31-17-13-23(14-18-31)19-22-5-3-2-4-6-22/h2-6,9-10,20-21,23-24H,7-8,11-19H2,1H3,(H,30,33). The molecule has 0 bridgehead atoms. The van der Waals surface area contributed by atoms with Gasteiger partial charge in [-0.15, -0.1) is 0 Å². The summed E-state index contributed by atoms with van der Waals surface area (Å²) in [5.41, 5.74) is 3.91. The van der Waals surface area contributed by atoms with Crippen LogP contribution in [0.2, 0.25) is 0 Å². The number of hydrogen-bond donors (Lipinski definition) is 1. The maximum atomic E-state index is 13.6. The first-order chi connectivity index (χ1) is 16.6. The van der Waals surface area contributed by atoms with Crippen LogP contribution < -0.4 is 10.2 Å². The largest absolute Gasteiger partial charge is 0.371 e. The van der Waals surface area contributed by atoms with Crippen molar-refractivity contribution >= 4 is 23.2 Å². The first kappa shape index (κ1) is 22.9. The van der Waals surface area contributed by atoms with Crippen molar-refractivity contribution in [3.63, 3.8) is 0 Å². The molecule has 1 N–H and O–H groups in total. The van der Waals surface area contributed by atoms with E-state index >= 15 is 0 Å². The second kappa shape index (κ2) is 10.2. The van der Waals surface area contributed by atoms with E-state index in [4.69, 9.17) is 0 Å². The Morgan fingerprint density at radius 1 is 0.882 bits per heavy atom. The fourth-order valence-electron chi connectivity index (χ4n) is 5.36. The molecule has 3 fully saturated rings. The molecule has 34 heavy (non-hydrogen) atoms. The summed E-state index contributed by atoms with van der Waals surface area (Å²) < 4.78 is 0. The van der Waals surface area contributed by atoms with Gasteiger partial charge in [0, 0.05) is 43.5 Å². The molecular formula is C29H37N3O2. The lowest BCUT2D eigenvalue weighted by molar-refractivity contribution is -0.117. The third-order valence-corrected chi connectivity index (χ3v) is 7.84. The molecule has 2 heterocycles. The number of amides is 2. The molecule has 0 aromatic heterocycles. The van der Waals surface area contributed by atoms with Crippen molar-refractivity contribution in [1.82, 2.24) is 4.90 Å². The van der Waals surface area contributed by atoms with Gasteiger partial charge in [0.05, 0.1) is 5.56 Å². The Morgan fingerprint density at radius 3 is 2.26 bits per heavy atom. The molecule has 2 amide bonds. The van der Waals surface area contributed by atoms with Gasteiger partial charge in [-0.3, -0.25) is 9.59 Å². The van der Waals surface area contributed by atoms with Crippen LogP contribution in [-0.2, 0) is 11.2 Å². The summed E-state index contributed by atoms with van der Waals surface area (Å²) in [6.45, 7) is 5.82. The molecule has 0 atom stereocenters. The van der Waals surface area contributed by atoms with Crippen molar-refractivity contribution in [1.29, 1.82) is 0 Å². The summed E-state index contributed by atoms with van der Waals surface area (Å²) >= 11 is 0. The monoisotopic (exact) mass is 459 g/mol. The molecule has 1 aliphatic carbocycles. The number of anilines is 2. The number of hydrogen-bond acceptors (Lipinski definition) is 3. The second-order valence-electron chi connectivity index (χ2n) is 10.6. The van der Waals surface area contributed by atoms with Gasteiger partial charge in [0.2, 0.25) is 5.91 Å². The summed E-state index contributed by atoms with van der Waals surface area (Å²) in [5.74, 6) is 1.69. The number of carbonyl (C=O) groups excluding carboxylic acids is 2. The van der Waals surface area contributed by atoms with Crippen LogP contribution in [0.25, 0.3) is 0 Å². The lowest BCUT2D eigenvalue weighted by atomic mass is 9.89. The molecule has 0 spiro atoms. The zero-order valence-electron chi connectivity index (χ0n) is 20.3. The van der Waals surface area contributed by atoms with Crippen LogP contribution in [0.1, 0.15) is 61.4 Å². The molecule has 2 aliphatic heterocycles. The molecule has 5 heteroatoms. The summed E-state index contributed by atoms with van der Waals surface area (Å²) in [6.07, 6.45) is 7.44. The van der Waals surface area contributed by atoms with E-state index in [1.807, 2.05) is 17.0 Å². The predicted molar refractivity (Wildman–Crippen MR) is 137 cm³/mol. The Kier molecular flexibility index (Phi) is 6.89. The topological polar surface area (TPSA) is 52.7 Å². The van der Waals surface area contributed by atoms with E-state index in [-0.39, 0.29) is 17.7 Å². The molecule has 180 valence electrons. The maximum Gasteiger partial charge on any atom is 0.256 e. The van der Waals surface area contributed by atoms with E-state index in [0.717, 1.165) is 88.1 Å². The summed E-state index contributed by atoms with van der Waals surface area (Å²) in [6, 6.07) is 16.7. The highest BCUT2D eigenvalue weighted by Crippen LogP contribution is 2.33. The first-order valence-corrected chi connectivity index (χ1v) is 13.1. The molecule has 3 aliphatic rings. The minimum absolute atomic E-state index is 0.0830. The van der Waals surface area contributed by atoms with Crippen LogP contribution >= 0.6 is 0 Å². The molecule has 1 saturated carbocycles. The van der Waals surface area contributed by atoms with Crippen LogP contribution in [0, 0.1) is 17.8 Å². The van der Waals surface area contributed by atoms with Crippen molar-refractivity contribution in [2.75, 3.05) is 36.4 Å². The molecule has 2 aromatic carbocycles. The first-order valence-electron chi connectivity index (χ1n) is 13.1. The van der Waals surface area contributed by atoms with Gasteiger partial charge in [0.25, 0.3) is 5.91 Å². The van der Waals surface area contributed by atoms with Crippen LogP contribution in [0.5, 0.6) is 0 Å². The molecule has 0 unspecified atom stereocenters. The van der Waals surface area contributed by atoms with Crippen LogP contribution in [-0.4, -0.2) is 42.9 Å². The highest BCUT2D eigenvalue weighted by Gasteiger charge is 2.31. The number of piperidine rings is 2. The van der Waals surface area contributed by atoms with Gasteiger partial charge in [-0.05, 0) is 80.5 Å². The van der Waals surface area contributed by atoms with Gasteiger partial charge in [0.1, 0.15) is 0 Å². The lowest BCUT2D eigenvalue weighted by Crippen LogP contribution is -2.40. The van der Waals surface area contributed by atoms with Crippen molar-refractivity contribution < 1.29 is 9.59 Å². The molecular weight excluding hydrogens is 422 g/mol. The number of nitrogens with one attached hydrogen (secondary N) is 1. The smallest absolute Gasteiger partial charge is 0.256 e. The van der Waals surface area contributed by atoms with E-state index in [9.17, 15) is 9.59 Å². The van der Waals surface area contributed by atoms with E-state index in [2.05, 4.69) is 53.5 Å². The lowest BCUT2D eigenvalue weighted by Gasteiger charge is -2.36. The Bertz CT molecular complexity index is 1000. The average molecular weight is 460 g/mol. The number of carbonyl (C=O) groups is 2. The highest BCUT2D eigenvalue weighted by molar-refractivity contribution is 6.02. The summed E-state index contributed by atoms with van der Waals surface area (Å²) in [5, 5.41) is 3.05. The van der Waals surface area contributed by atoms with E-state index < -0.39 is 0 Å². The zero-order valence-corrected chi connectivity index (χ0v) is 20.3. The SMILES string of the molecule is CC1CCN(C(=O)c2cc(NC(=O)C3CC3)ccc2N2CCC(Cc3ccccc3)CC2)CC1. The molecule has 5 nitrogen and oxygen atoms in total. The average Bonchev–Trinajstić information content (AvgIpc) is 3.71. The van der Waals surface area contributed by atoms with Gasteiger partial charge in [-0.2, -0.15) is 0 Å². The van der Waals surface area contributed by atoms with Gasteiger partial charge in [0.15, 0.2) is 0 Å². The maximum absolute atomic E-state index is 13.6. The van der Waals surface area contributed by atoms with Gasteiger partial charge in [-0.1, -0.05) is 37.3 Å². The van der Waals surface area contributed by atoms with Crippen molar-refractivity contribution in [2.45, 2.75) is 51.9 Å². The Balaban J connectivity index is 1.32. The van der Waals surface area contributed by atoms with Crippen LogP contribution in [0.4, 0.5) is 11.4 Å². The van der Waals surface area contributed by atoms with Crippen molar-refractivity contribution in [2.24, 2.45) is 17.8 Å². The number of nitrogens with zero attached hydrogens (tertiary/aromatic N) is 2. The summed E-state index contributed by atoms with van der Waals surface area (Å²) in [7, 11) is 0. The number of benzene rings is 2. The van der Waals surface area contributed by atoms with E-state index in [0.29, 0.717) is 11.8 Å². The molecule has 2 aromatic rings. The molecule has 2 saturated heterocycles. The molecule has 0 radical (unpaired) electrons. The van der Waals surface area contributed by atoms with E-state index in [1.165, 1.54) is 5.56 Å². The van der Waals surface area contributed by atoms with Gasteiger partial charge < -0.3 is 15.1 Å². The normalized spacial score (nSPS) is 19.8. The fourth-order valence-corrected chi connectivity index (χ4v) is 5.36. The summed E-state index contributed by atoms with van der Waals surface area (Å²) in [4.78, 5) is 30.4. The van der Waals surface area contributed by atoms with Crippen molar-refractivity contribution in [3.05, 3.63) is 59.7 Å². The number of likely N-dealkylation sites (tertiary alicyclic amines) is 1. The highest BCUT2D eigenvalue weighted by atomic mass is 16.2. The predicted octanol–water partition coefficient (Wildman–Crippen LogP) is 5.37. The quantitative estimate of drug-likeness (QED) is 0.632. The third-order valence-electron chi connectivity index (χ3n) is 7.84. The number of rotatable bonds is 6. The third kappa shape index (κ3) is 5.45. The Morgan fingerprint density at radius 2 is 1.59 bits per heavy atom. The minimum atomic E-state index is 0.0830. The van der Waals surface area contributed by atoms with Crippen LogP contribution in [0.3, 0.4) is 0 Å². The van der Waals surface area contributed by atoms with E-state index in [1.54, 1.807) is 0 Å². The molecule has 5 rings (SSSR count). The van der Waals surface area contributed by atoms with Gasteiger partial charge in [-0.25, -0.2) is 0 Å². The fraction of sp³-hybridized carbons (Fsp3) is 0.517.